The molecule has 0 unspecified atom stereocenters. The van der Waals surface area contributed by atoms with Gasteiger partial charge in [-0.05, 0) is 0 Å². The van der Waals surface area contributed by atoms with Crippen molar-refractivity contribution in [2.24, 2.45) is 0 Å². The van der Waals surface area contributed by atoms with Gasteiger partial charge in [0.15, 0.2) is 0 Å². The molecule has 1 aliphatic rings. The Morgan fingerprint density at radius 2 is 2.62 bits per heavy atom. The van der Waals surface area contributed by atoms with E-state index in [4.69, 9.17) is 5.90 Å². The van der Waals surface area contributed by atoms with Gasteiger partial charge in [-0.2, -0.15) is 10.0 Å². The molecular weight excluding hydrogens is 112 g/mol. The smallest absolute Gasteiger partial charge is 0.435 e. The summed E-state index contributed by atoms with van der Waals surface area (Å²) in [5.74, 6) is 6.26. The lowest BCUT2D eigenvalue weighted by molar-refractivity contribution is -0.122. The van der Waals surface area contributed by atoms with E-state index in [-0.39, 0.29) is 0 Å². The average molecular weight is 117 g/mol. The van der Waals surface area contributed by atoms with E-state index < -0.39 is 6.09 Å². The monoisotopic (exact) mass is 117 g/mol. The number of cyclic esters (lactones) is 1. The summed E-state index contributed by atoms with van der Waals surface area (Å²) >= 11 is 0. The van der Waals surface area contributed by atoms with Crippen LogP contribution in [0.25, 0.3) is 0 Å². The van der Waals surface area contributed by atoms with E-state index in [1.165, 1.54) is 0 Å². The molecular formula is C3H5N2O3. The van der Waals surface area contributed by atoms with Crippen LogP contribution in [0.1, 0.15) is 0 Å². The summed E-state index contributed by atoms with van der Waals surface area (Å²) < 4.78 is 4.40. The van der Waals surface area contributed by atoms with Crippen LogP contribution in [0.3, 0.4) is 0 Å². The SMILES string of the molecule is [NH]ON1CCOC1=O. The van der Waals surface area contributed by atoms with Gasteiger partial charge in [0, 0.05) is 0 Å². The Balaban J connectivity index is 2.42. The van der Waals surface area contributed by atoms with Crippen molar-refractivity contribution in [1.29, 1.82) is 0 Å². The number of amides is 1. The fraction of sp³-hybridized carbons (Fsp3) is 0.667. The van der Waals surface area contributed by atoms with Crippen LogP contribution >= 0.6 is 0 Å². The molecule has 45 valence electrons. The number of hydrogen-bond acceptors (Lipinski definition) is 3. The first-order chi connectivity index (χ1) is 3.84. The lowest BCUT2D eigenvalue weighted by atomic mass is 10.7. The second kappa shape index (κ2) is 1.97. The van der Waals surface area contributed by atoms with Crippen LogP contribution in [0.15, 0.2) is 0 Å². The number of carbonyl (C=O) groups excluding carboxylic acids is 1. The fourth-order valence-electron chi connectivity index (χ4n) is 0.462. The number of rotatable bonds is 1. The van der Waals surface area contributed by atoms with Gasteiger partial charge in [0.2, 0.25) is 0 Å². The van der Waals surface area contributed by atoms with E-state index in [9.17, 15) is 4.79 Å². The first-order valence-electron chi connectivity index (χ1n) is 2.12. The van der Waals surface area contributed by atoms with E-state index in [0.29, 0.717) is 13.2 Å². The molecule has 0 atom stereocenters. The van der Waals surface area contributed by atoms with E-state index in [0.717, 1.165) is 5.06 Å². The predicted octanol–water partition coefficient (Wildman–Crippen LogP) is -0.432. The standard InChI is InChI=1S/C3H5N2O3/c4-8-5-1-2-7-3(5)6/h4H,1-2H2. The van der Waals surface area contributed by atoms with Crippen LogP contribution in [0.4, 0.5) is 4.79 Å². The summed E-state index contributed by atoms with van der Waals surface area (Å²) in [7, 11) is 0. The molecule has 1 heterocycles. The van der Waals surface area contributed by atoms with Gasteiger partial charge in [0.1, 0.15) is 6.61 Å². The Morgan fingerprint density at radius 3 is 2.88 bits per heavy atom. The van der Waals surface area contributed by atoms with Gasteiger partial charge in [0.05, 0.1) is 6.54 Å². The Kier molecular flexibility index (Phi) is 1.32. The molecule has 5 heteroatoms. The Labute approximate surface area is 45.9 Å². The zero-order valence-electron chi connectivity index (χ0n) is 4.09. The van der Waals surface area contributed by atoms with E-state index in [2.05, 4.69) is 9.68 Å². The van der Waals surface area contributed by atoms with Gasteiger partial charge in [-0.1, -0.05) is 5.90 Å². The molecule has 0 bridgehead atoms. The molecule has 0 aromatic heterocycles. The summed E-state index contributed by atoms with van der Waals surface area (Å²) in [5, 5.41) is 0.833. The topological polar surface area (TPSA) is 62.6 Å². The minimum absolute atomic E-state index is 0.317. The molecule has 0 aromatic rings. The van der Waals surface area contributed by atoms with Crippen molar-refractivity contribution < 1.29 is 14.5 Å². The molecule has 1 amide bonds. The highest BCUT2D eigenvalue weighted by molar-refractivity contribution is 5.67. The normalized spacial score (nSPS) is 19.1. The maximum absolute atomic E-state index is 10.3. The Morgan fingerprint density at radius 1 is 1.88 bits per heavy atom. The highest BCUT2D eigenvalue weighted by Crippen LogP contribution is 2.00. The van der Waals surface area contributed by atoms with E-state index in [1.807, 2.05) is 0 Å². The van der Waals surface area contributed by atoms with Crippen molar-refractivity contribution >= 4 is 6.09 Å². The Hall–Kier alpha value is -0.810. The molecule has 1 fully saturated rings. The van der Waals surface area contributed by atoms with Crippen molar-refractivity contribution in [2.75, 3.05) is 13.2 Å². The third kappa shape index (κ3) is 0.728. The summed E-state index contributed by atoms with van der Waals surface area (Å²) in [6.07, 6.45) is -0.583. The van der Waals surface area contributed by atoms with Crippen LogP contribution in [0.5, 0.6) is 0 Å². The molecule has 1 N–H and O–H groups in total. The molecule has 1 radical (unpaired) electrons. The van der Waals surface area contributed by atoms with Gasteiger partial charge in [-0.25, -0.2) is 4.79 Å². The molecule has 0 aliphatic carbocycles. The van der Waals surface area contributed by atoms with Crippen LogP contribution in [0.2, 0.25) is 0 Å². The molecule has 8 heavy (non-hydrogen) atoms. The zero-order chi connectivity index (χ0) is 5.98. The van der Waals surface area contributed by atoms with Gasteiger partial charge in [-0.15, -0.1) is 0 Å². The van der Waals surface area contributed by atoms with Crippen molar-refractivity contribution in [3.05, 3.63) is 0 Å². The minimum atomic E-state index is -0.583. The maximum atomic E-state index is 10.3. The van der Waals surface area contributed by atoms with Crippen molar-refractivity contribution in [1.82, 2.24) is 11.0 Å². The Bertz CT molecular complexity index is 105. The van der Waals surface area contributed by atoms with Crippen molar-refractivity contribution in [3.8, 4) is 0 Å². The molecule has 0 saturated carbocycles. The summed E-state index contributed by atoms with van der Waals surface area (Å²) in [6.45, 7) is 0.667. The summed E-state index contributed by atoms with van der Waals surface area (Å²) in [5.41, 5.74) is 0. The molecule has 1 rings (SSSR count). The summed E-state index contributed by atoms with van der Waals surface area (Å²) in [4.78, 5) is 14.1. The number of hydrogen-bond donors (Lipinski definition) is 0. The first-order valence-corrected chi connectivity index (χ1v) is 2.12. The van der Waals surface area contributed by atoms with Crippen LogP contribution < -0.4 is 5.90 Å². The third-order valence-corrected chi connectivity index (χ3v) is 0.834. The maximum Gasteiger partial charge on any atom is 0.435 e. The number of carbonyl (C=O) groups is 1. The van der Waals surface area contributed by atoms with Gasteiger partial charge >= 0.3 is 6.09 Å². The molecule has 0 spiro atoms. The molecule has 1 aliphatic heterocycles. The lowest BCUT2D eigenvalue weighted by Gasteiger charge is -2.02. The third-order valence-electron chi connectivity index (χ3n) is 0.834. The van der Waals surface area contributed by atoms with Crippen molar-refractivity contribution in [3.63, 3.8) is 0 Å². The predicted molar refractivity (Wildman–Crippen MR) is 22.2 cm³/mol. The number of hydroxylamine groups is 2. The van der Waals surface area contributed by atoms with E-state index in [1.54, 1.807) is 0 Å². The number of nitrogens with zero attached hydrogens (tertiary/aromatic N) is 1. The highest BCUT2D eigenvalue weighted by Gasteiger charge is 2.21. The molecule has 1 saturated heterocycles. The highest BCUT2D eigenvalue weighted by atomic mass is 16.8. The largest absolute Gasteiger partial charge is 0.446 e. The summed E-state index contributed by atoms with van der Waals surface area (Å²) in [6, 6.07) is 0. The number of nitrogens with one attached hydrogen (secondary N) is 1. The average Bonchev–Trinajstić information content (AvgIpc) is 2.14. The molecule has 0 aromatic carbocycles. The van der Waals surface area contributed by atoms with Crippen LogP contribution in [-0.2, 0) is 9.68 Å². The van der Waals surface area contributed by atoms with Gasteiger partial charge in [-0.3, -0.25) is 0 Å². The number of ether oxygens (including phenoxy) is 1. The fourth-order valence-corrected chi connectivity index (χ4v) is 0.462. The second-order valence-corrected chi connectivity index (χ2v) is 1.31. The zero-order valence-corrected chi connectivity index (χ0v) is 4.09. The minimum Gasteiger partial charge on any atom is -0.446 e. The van der Waals surface area contributed by atoms with E-state index >= 15 is 0 Å². The van der Waals surface area contributed by atoms with Crippen LogP contribution in [-0.4, -0.2) is 24.3 Å². The first kappa shape index (κ1) is 5.33. The quantitative estimate of drug-likeness (QED) is 0.437. The van der Waals surface area contributed by atoms with Gasteiger partial charge < -0.3 is 4.74 Å². The lowest BCUT2D eigenvalue weighted by Crippen LogP contribution is -2.23. The second-order valence-electron chi connectivity index (χ2n) is 1.31. The van der Waals surface area contributed by atoms with Crippen LogP contribution in [0, 0.1) is 0 Å². The van der Waals surface area contributed by atoms with Crippen molar-refractivity contribution in [2.45, 2.75) is 0 Å². The van der Waals surface area contributed by atoms with Gasteiger partial charge in [0.25, 0.3) is 0 Å². The molecule has 5 nitrogen and oxygen atoms in total.